The van der Waals surface area contributed by atoms with Gasteiger partial charge in [0.1, 0.15) is 11.6 Å². The molecule has 1 aromatic carbocycles. The third kappa shape index (κ3) is 7.97. The standard InChI is InChI=1S/C26H28ClN5O4S.ClH/c1-37(35)19-8-9-20(22(16-19)36-15-5-14-32-12-2-3-13-32)25(33)30-21-6-4-11-28-24(21)26(34)31-23-10-7-18(27)17-29-23;/h4,6-11,16-17H,2-3,5,12-15H2,1H3,(H,30,33)(H,29,31,34);1H. The van der Waals surface area contributed by atoms with E-state index in [2.05, 4.69) is 25.5 Å². The number of benzene rings is 1. The van der Waals surface area contributed by atoms with E-state index < -0.39 is 22.6 Å². The van der Waals surface area contributed by atoms with Crippen molar-refractivity contribution in [2.75, 3.05) is 43.1 Å². The first-order valence-corrected chi connectivity index (χ1v) is 13.9. The number of pyridine rings is 2. The van der Waals surface area contributed by atoms with Crippen molar-refractivity contribution in [1.82, 2.24) is 14.9 Å². The maximum atomic E-state index is 13.3. The Labute approximate surface area is 235 Å². The molecule has 12 heteroatoms. The number of rotatable bonds is 10. The topological polar surface area (TPSA) is 114 Å². The van der Waals surface area contributed by atoms with Crippen molar-refractivity contribution in [1.29, 1.82) is 0 Å². The monoisotopic (exact) mass is 577 g/mol. The van der Waals surface area contributed by atoms with E-state index >= 15 is 0 Å². The van der Waals surface area contributed by atoms with Gasteiger partial charge in [-0.25, -0.2) is 9.97 Å². The molecule has 2 N–H and O–H groups in total. The number of anilines is 2. The van der Waals surface area contributed by atoms with Crippen molar-refractivity contribution in [3.63, 3.8) is 0 Å². The van der Waals surface area contributed by atoms with Crippen LogP contribution in [0.3, 0.4) is 0 Å². The Morgan fingerprint density at radius 1 is 1.08 bits per heavy atom. The summed E-state index contributed by atoms with van der Waals surface area (Å²) >= 11 is 5.85. The van der Waals surface area contributed by atoms with E-state index in [0.29, 0.717) is 28.1 Å². The van der Waals surface area contributed by atoms with E-state index in [1.54, 1.807) is 48.7 Å². The number of amides is 2. The van der Waals surface area contributed by atoms with Crippen LogP contribution in [0.5, 0.6) is 5.75 Å². The van der Waals surface area contributed by atoms with Crippen LogP contribution in [0.25, 0.3) is 0 Å². The van der Waals surface area contributed by atoms with Gasteiger partial charge >= 0.3 is 0 Å². The van der Waals surface area contributed by atoms with Crippen molar-refractivity contribution in [2.24, 2.45) is 0 Å². The zero-order valence-electron chi connectivity index (χ0n) is 20.8. The van der Waals surface area contributed by atoms with Gasteiger partial charge in [-0.3, -0.25) is 13.8 Å². The molecule has 38 heavy (non-hydrogen) atoms. The van der Waals surface area contributed by atoms with Gasteiger partial charge in [0, 0.05) is 40.9 Å². The predicted molar refractivity (Wildman–Crippen MR) is 151 cm³/mol. The van der Waals surface area contributed by atoms with Gasteiger partial charge in [-0.05, 0) is 74.8 Å². The van der Waals surface area contributed by atoms with Gasteiger partial charge in [-0.1, -0.05) is 11.6 Å². The number of likely N-dealkylation sites (tertiary alicyclic amines) is 1. The van der Waals surface area contributed by atoms with Crippen molar-refractivity contribution >= 4 is 58.1 Å². The Balaban J connectivity index is 0.00000400. The first kappa shape index (κ1) is 29.5. The van der Waals surface area contributed by atoms with Crippen molar-refractivity contribution in [3.8, 4) is 5.75 Å². The number of halogens is 2. The molecule has 0 bridgehead atoms. The lowest BCUT2D eigenvalue weighted by Gasteiger charge is -2.16. The molecule has 1 saturated heterocycles. The summed E-state index contributed by atoms with van der Waals surface area (Å²) in [6, 6.07) is 11.2. The third-order valence-electron chi connectivity index (χ3n) is 5.84. The summed E-state index contributed by atoms with van der Waals surface area (Å²) in [5.41, 5.74) is 0.513. The largest absolute Gasteiger partial charge is 0.493 e. The molecule has 1 unspecified atom stereocenters. The average molecular weight is 579 g/mol. The van der Waals surface area contributed by atoms with Crippen LogP contribution in [0.15, 0.2) is 59.8 Å². The second kappa shape index (κ2) is 14.2. The van der Waals surface area contributed by atoms with Gasteiger partial charge in [0.05, 0.1) is 22.9 Å². The van der Waals surface area contributed by atoms with Crippen LogP contribution in [0.2, 0.25) is 5.02 Å². The number of hydrogen-bond donors (Lipinski definition) is 2. The molecule has 3 heterocycles. The van der Waals surface area contributed by atoms with E-state index in [0.717, 1.165) is 26.1 Å². The van der Waals surface area contributed by atoms with Crippen LogP contribution >= 0.6 is 24.0 Å². The molecule has 9 nitrogen and oxygen atoms in total. The number of nitrogens with zero attached hydrogens (tertiary/aromatic N) is 3. The Bertz CT molecular complexity index is 1290. The summed E-state index contributed by atoms with van der Waals surface area (Å²) in [6.45, 7) is 3.56. The molecule has 1 fully saturated rings. The highest BCUT2D eigenvalue weighted by Crippen LogP contribution is 2.25. The van der Waals surface area contributed by atoms with Gasteiger partial charge < -0.3 is 20.3 Å². The quantitative estimate of drug-likeness (QED) is 0.337. The molecule has 1 aliphatic rings. The summed E-state index contributed by atoms with van der Waals surface area (Å²) in [5.74, 6) is -0.382. The van der Waals surface area contributed by atoms with E-state index in [4.69, 9.17) is 16.3 Å². The van der Waals surface area contributed by atoms with Gasteiger partial charge in [0.2, 0.25) is 0 Å². The maximum absolute atomic E-state index is 13.3. The average Bonchev–Trinajstić information content (AvgIpc) is 3.41. The van der Waals surface area contributed by atoms with Gasteiger partial charge in [0.25, 0.3) is 11.8 Å². The molecule has 202 valence electrons. The number of nitrogens with one attached hydrogen (secondary N) is 2. The molecule has 2 aromatic heterocycles. The smallest absolute Gasteiger partial charge is 0.277 e. The molecule has 0 saturated carbocycles. The fraction of sp³-hybridized carbons (Fsp3) is 0.308. The second-order valence-electron chi connectivity index (χ2n) is 8.53. The van der Waals surface area contributed by atoms with E-state index in [1.165, 1.54) is 25.2 Å². The molecular weight excluding hydrogens is 549 g/mol. The zero-order valence-corrected chi connectivity index (χ0v) is 23.2. The van der Waals surface area contributed by atoms with Crippen molar-refractivity contribution in [3.05, 3.63) is 71.1 Å². The lowest BCUT2D eigenvalue weighted by Crippen LogP contribution is -2.22. The molecule has 3 aromatic rings. The predicted octanol–water partition coefficient (Wildman–Crippen LogP) is 4.66. The van der Waals surface area contributed by atoms with Crippen LogP contribution < -0.4 is 15.4 Å². The molecule has 0 spiro atoms. The second-order valence-corrected chi connectivity index (χ2v) is 10.3. The number of ether oxygens (including phenoxy) is 1. The van der Waals surface area contributed by atoms with E-state index in [9.17, 15) is 13.8 Å². The maximum Gasteiger partial charge on any atom is 0.277 e. The normalized spacial score (nSPS) is 13.8. The molecular formula is C26H29Cl2N5O4S. The summed E-state index contributed by atoms with van der Waals surface area (Å²) in [6.07, 6.45) is 7.70. The molecule has 0 aliphatic carbocycles. The van der Waals surface area contributed by atoms with Crippen LogP contribution in [-0.4, -0.2) is 63.4 Å². The summed E-state index contributed by atoms with van der Waals surface area (Å²) < 4.78 is 18.0. The molecule has 0 radical (unpaired) electrons. The van der Waals surface area contributed by atoms with Crippen LogP contribution in [0.4, 0.5) is 11.5 Å². The minimum absolute atomic E-state index is 0. The minimum atomic E-state index is -1.24. The van der Waals surface area contributed by atoms with Crippen LogP contribution in [-0.2, 0) is 10.8 Å². The lowest BCUT2D eigenvalue weighted by molar-refractivity contribution is 0.102. The highest BCUT2D eigenvalue weighted by molar-refractivity contribution is 7.84. The Kier molecular flexibility index (Phi) is 11.0. The molecule has 4 rings (SSSR count). The highest BCUT2D eigenvalue weighted by atomic mass is 35.5. The summed E-state index contributed by atoms with van der Waals surface area (Å²) in [4.78, 5) is 37.3. The Hall–Kier alpha value is -3.05. The van der Waals surface area contributed by atoms with E-state index in [-0.39, 0.29) is 29.4 Å². The Morgan fingerprint density at radius 2 is 1.87 bits per heavy atom. The number of carbonyl (C=O) groups is 2. The summed E-state index contributed by atoms with van der Waals surface area (Å²) in [7, 11) is -1.24. The first-order chi connectivity index (χ1) is 17.9. The zero-order chi connectivity index (χ0) is 26.2. The van der Waals surface area contributed by atoms with Gasteiger partial charge in [-0.2, -0.15) is 0 Å². The summed E-state index contributed by atoms with van der Waals surface area (Å²) in [5, 5.41) is 5.84. The van der Waals surface area contributed by atoms with Crippen LogP contribution in [0, 0.1) is 0 Å². The molecule has 1 atom stereocenters. The highest BCUT2D eigenvalue weighted by Gasteiger charge is 2.20. The van der Waals surface area contributed by atoms with Gasteiger partial charge in [-0.15, -0.1) is 12.4 Å². The lowest BCUT2D eigenvalue weighted by atomic mass is 10.1. The number of carbonyl (C=O) groups excluding carboxylic acids is 2. The minimum Gasteiger partial charge on any atom is -0.493 e. The van der Waals surface area contributed by atoms with E-state index in [1.807, 2.05) is 0 Å². The number of aromatic nitrogens is 2. The Morgan fingerprint density at radius 3 is 2.58 bits per heavy atom. The van der Waals surface area contributed by atoms with Crippen molar-refractivity contribution < 1.29 is 18.5 Å². The number of hydrogen-bond acceptors (Lipinski definition) is 7. The van der Waals surface area contributed by atoms with Crippen molar-refractivity contribution in [2.45, 2.75) is 24.2 Å². The first-order valence-electron chi connectivity index (χ1n) is 11.9. The fourth-order valence-electron chi connectivity index (χ4n) is 3.97. The third-order valence-corrected chi connectivity index (χ3v) is 6.99. The van der Waals surface area contributed by atoms with Crippen LogP contribution in [0.1, 0.15) is 40.1 Å². The molecule has 2 amide bonds. The molecule has 1 aliphatic heterocycles. The SMILES string of the molecule is CS(=O)c1ccc(C(=O)Nc2cccnc2C(=O)Nc2ccc(Cl)cn2)c(OCCCN2CCCC2)c1.Cl. The van der Waals surface area contributed by atoms with Gasteiger partial charge in [0.15, 0.2) is 5.69 Å². The fourth-order valence-corrected chi connectivity index (χ4v) is 4.61.